The maximum absolute atomic E-state index is 4.41. The molecule has 0 aromatic heterocycles. The molecule has 0 amide bonds. The van der Waals surface area contributed by atoms with Gasteiger partial charge >= 0.3 is 0 Å². The lowest BCUT2D eigenvalue weighted by molar-refractivity contribution is 0.271. The first-order valence-corrected chi connectivity index (χ1v) is 2.20. The molecule has 0 aliphatic carbocycles. The first-order chi connectivity index (χ1) is 3.41. The molecule has 0 aromatic rings. The Morgan fingerprint density at radius 3 is 3.00 bits per heavy atom. The number of oxime groups is 1. The first kappa shape index (κ1) is 6.21. The van der Waals surface area contributed by atoms with Gasteiger partial charge in [-0.3, -0.25) is 0 Å². The summed E-state index contributed by atoms with van der Waals surface area (Å²) in [5.74, 6) is 0. The van der Waals surface area contributed by atoms with Gasteiger partial charge in [0.1, 0.15) is 6.26 Å². The molecule has 2 heteroatoms. The van der Waals surface area contributed by atoms with Gasteiger partial charge in [0.2, 0.25) is 0 Å². The van der Waals surface area contributed by atoms with Gasteiger partial charge in [0.15, 0.2) is 0 Å². The molecule has 0 aromatic carbocycles. The summed E-state index contributed by atoms with van der Waals surface area (Å²) < 4.78 is 0. The van der Waals surface area contributed by atoms with Crippen LogP contribution in [0.1, 0.15) is 13.3 Å². The molecule has 0 saturated heterocycles. The molecule has 2 nitrogen and oxygen atoms in total. The molecule has 0 bridgehead atoms. The van der Waals surface area contributed by atoms with E-state index in [4.69, 9.17) is 0 Å². The van der Waals surface area contributed by atoms with E-state index in [0.717, 1.165) is 6.42 Å². The van der Waals surface area contributed by atoms with Gasteiger partial charge in [-0.15, -0.1) is 0 Å². The topological polar surface area (TPSA) is 21.6 Å². The molecular formula is C5H9NO. The minimum atomic E-state index is 0.897. The molecule has 0 spiro atoms. The maximum atomic E-state index is 4.41. The molecule has 0 radical (unpaired) electrons. The third-order valence-electron chi connectivity index (χ3n) is 0.393. The molecule has 0 unspecified atom stereocenters. The van der Waals surface area contributed by atoms with E-state index in [-0.39, 0.29) is 0 Å². The lowest BCUT2D eigenvalue weighted by atomic mass is 10.6. The fraction of sp³-hybridized carbons (Fsp3) is 0.400. The van der Waals surface area contributed by atoms with Gasteiger partial charge in [-0.25, -0.2) is 0 Å². The third-order valence-corrected chi connectivity index (χ3v) is 0.393. The minimum absolute atomic E-state index is 0.897. The third kappa shape index (κ3) is 5.21. The average molecular weight is 99.1 g/mol. The normalized spacial score (nSPS) is 9.29. The summed E-state index contributed by atoms with van der Waals surface area (Å²) in [5, 5.41) is 3.47. The Kier molecular flexibility index (Phi) is 4.62. The lowest BCUT2D eigenvalue weighted by Gasteiger charge is -1.80. The van der Waals surface area contributed by atoms with E-state index < -0.39 is 0 Å². The van der Waals surface area contributed by atoms with Crippen LogP contribution in [0.25, 0.3) is 0 Å². The summed E-state index contributed by atoms with van der Waals surface area (Å²) >= 11 is 0. The molecule has 40 valence electrons. The van der Waals surface area contributed by atoms with Crippen molar-refractivity contribution < 1.29 is 4.84 Å². The van der Waals surface area contributed by atoms with E-state index in [1.165, 1.54) is 6.26 Å². The highest BCUT2D eigenvalue weighted by Crippen LogP contribution is 1.73. The van der Waals surface area contributed by atoms with E-state index in [9.17, 15) is 0 Å². The van der Waals surface area contributed by atoms with Crippen molar-refractivity contribution in [2.45, 2.75) is 13.3 Å². The Morgan fingerprint density at radius 1 is 1.86 bits per heavy atom. The van der Waals surface area contributed by atoms with Crippen molar-refractivity contribution >= 4 is 6.21 Å². The van der Waals surface area contributed by atoms with E-state index >= 15 is 0 Å². The van der Waals surface area contributed by atoms with Crippen LogP contribution in [0.15, 0.2) is 18.0 Å². The van der Waals surface area contributed by atoms with E-state index in [1.807, 2.05) is 6.92 Å². The summed E-state index contributed by atoms with van der Waals surface area (Å²) in [7, 11) is 0. The van der Waals surface area contributed by atoms with Crippen LogP contribution in [-0.4, -0.2) is 6.21 Å². The molecule has 0 fully saturated rings. The molecule has 7 heavy (non-hydrogen) atoms. The van der Waals surface area contributed by atoms with Crippen molar-refractivity contribution in [3.8, 4) is 0 Å². The summed E-state index contributed by atoms with van der Waals surface area (Å²) in [6.45, 7) is 5.28. The Morgan fingerprint density at radius 2 is 2.57 bits per heavy atom. The summed E-state index contributed by atoms with van der Waals surface area (Å²) in [5.41, 5.74) is 0. The molecule has 0 N–H and O–H groups in total. The number of rotatable bonds is 3. The van der Waals surface area contributed by atoms with Gasteiger partial charge in [0.05, 0.1) is 0 Å². The second kappa shape index (κ2) is 5.21. The smallest absolute Gasteiger partial charge is 0.114 e. The van der Waals surface area contributed by atoms with Crippen LogP contribution < -0.4 is 0 Å². The van der Waals surface area contributed by atoms with Crippen LogP contribution in [0.3, 0.4) is 0 Å². The van der Waals surface area contributed by atoms with Gasteiger partial charge in [-0.05, 0) is 6.42 Å². The van der Waals surface area contributed by atoms with Crippen molar-refractivity contribution in [3.63, 3.8) is 0 Å². The molecule has 0 rings (SSSR count). The second-order valence-electron chi connectivity index (χ2n) is 0.968. The van der Waals surface area contributed by atoms with Crippen LogP contribution in [0, 0.1) is 0 Å². The fourth-order valence-electron chi connectivity index (χ4n) is 0.161. The highest BCUT2D eigenvalue weighted by molar-refractivity contribution is 5.55. The molecular weight excluding hydrogens is 90.1 g/mol. The van der Waals surface area contributed by atoms with Gasteiger partial charge in [-0.1, -0.05) is 18.7 Å². The lowest BCUT2D eigenvalue weighted by Crippen LogP contribution is -1.67. The summed E-state index contributed by atoms with van der Waals surface area (Å²) in [4.78, 5) is 4.41. The van der Waals surface area contributed by atoms with Gasteiger partial charge < -0.3 is 4.84 Å². The monoisotopic (exact) mass is 99.1 g/mol. The largest absolute Gasteiger partial charge is 0.366 e. The van der Waals surface area contributed by atoms with Gasteiger partial charge in [0, 0.05) is 6.21 Å². The van der Waals surface area contributed by atoms with Crippen molar-refractivity contribution in [2.24, 2.45) is 5.16 Å². The zero-order valence-electron chi connectivity index (χ0n) is 4.42. The summed E-state index contributed by atoms with van der Waals surface area (Å²) in [6, 6.07) is 0. The zero-order chi connectivity index (χ0) is 5.54. The van der Waals surface area contributed by atoms with Gasteiger partial charge in [0.25, 0.3) is 0 Å². The first-order valence-electron chi connectivity index (χ1n) is 2.20. The Labute approximate surface area is 43.5 Å². The quantitative estimate of drug-likeness (QED) is 0.299. The van der Waals surface area contributed by atoms with Crippen LogP contribution in [-0.2, 0) is 4.84 Å². The van der Waals surface area contributed by atoms with Crippen molar-refractivity contribution in [3.05, 3.63) is 12.8 Å². The standard InChI is InChI=1S/C5H9NO/c1-3-5-6-7-4-2/h4-5H,2-3H2,1H3/b6-5-. The zero-order valence-corrected chi connectivity index (χ0v) is 4.42. The van der Waals surface area contributed by atoms with Crippen LogP contribution >= 0.6 is 0 Å². The van der Waals surface area contributed by atoms with Crippen LogP contribution in [0.4, 0.5) is 0 Å². The molecule has 0 atom stereocenters. The Bertz CT molecular complexity index is 68.5. The average Bonchev–Trinajstić information content (AvgIpc) is 1.69. The van der Waals surface area contributed by atoms with Gasteiger partial charge in [-0.2, -0.15) is 0 Å². The minimum Gasteiger partial charge on any atom is -0.366 e. The van der Waals surface area contributed by atoms with Crippen LogP contribution in [0.2, 0.25) is 0 Å². The van der Waals surface area contributed by atoms with E-state index in [0.29, 0.717) is 0 Å². The number of hydrogen-bond acceptors (Lipinski definition) is 2. The molecule has 0 aliphatic rings. The number of nitrogens with zero attached hydrogens (tertiary/aromatic N) is 1. The Balaban J connectivity index is 2.92. The van der Waals surface area contributed by atoms with Crippen molar-refractivity contribution in [1.82, 2.24) is 0 Å². The SMILES string of the molecule is C=CO/N=C\CC. The van der Waals surface area contributed by atoms with Crippen molar-refractivity contribution in [1.29, 1.82) is 0 Å². The maximum Gasteiger partial charge on any atom is 0.114 e. The fourth-order valence-corrected chi connectivity index (χ4v) is 0.161. The van der Waals surface area contributed by atoms with Crippen LogP contribution in [0.5, 0.6) is 0 Å². The molecule has 0 heterocycles. The summed E-state index contributed by atoms with van der Waals surface area (Å²) in [6.07, 6.45) is 3.85. The van der Waals surface area contributed by atoms with Crippen molar-refractivity contribution in [2.75, 3.05) is 0 Å². The predicted octanol–water partition coefficient (Wildman–Crippen LogP) is 1.54. The highest BCUT2D eigenvalue weighted by Gasteiger charge is 1.62. The number of hydrogen-bond donors (Lipinski definition) is 0. The van der Waals surface area contributed by atoms with E-state index in [2.05, 4.69) is 16.6 Å². The molecule has 0 aliphatic heterocycles. The van der Waals surface area contributed by atoms with E-state index in [1.54, 1.807) is 6.21 Å². The molecule has 0 saturated carbocycles. The predicted molar refractivity (Wildman–Crippen MR) is 30.1 cm³/mol. The highest BCUT2D eigenvalue weighted by atomic mass is 16.6. The second-order valence-corrected chi connectivity index (χ2v) is 0.968. The Hall–Kier alpha value is -0.790.